The molecule has 116 valence electrons. The van der Waals surface area contributed by atoms with Crippen molar-refractivity contribution < 1.29 is 19.7 Å². The Bertz CT molecular complexity index is 750. The summed E-state index contributed by atoms with van der Waals surface area (Å²) in [6.07, 6.45) is 0. The molecule has 0 aliphatic carbocycles. The van der Waals surface area contributed by atoms with Crippen LogP contribution in [0.3, 0.4) is 0 Å². The lowest BCUT2D eigenvalue weighted by Crippen LogP contribution is -1.88. The van der Waals surface area contributed by atoms with Crippen LogP contribution in [0.2, 0.25) is 0 Å². The van der Waals surface area contributed by atoms with Gasteiger partial charge >= 0.3 is 0 Å². The first-order valence-corrected chi connectivity index (χ1v) is 6.70. The highest BCUT2D eigenvalue weighted by Gasteiger charge is 2.17. The highest BCUT2D eigenvalue weighted by Crippen LogP contribution is 2.47. The molecule has 0 unspecified atom stereocenters. The number of nitrogens with two attached hydrogens (primary N) is 1. The summed E-state index contributed by atoms with van der Waals surface area (Å²) in [6.45, 7) is 0. The molecular formula is C12H13N5O4S. The fourth-order valence-corrected chi connectivity index (χ4v) is 2.43. The summed E-state index contributed by atoms with van der Waals surface area (Å²) in [4.78, 5) is 0.350. The molecule has 10 heteroatoms. The van der Waals surface area contributed by atoms with Crippen LogP contribution in [0.5, 0.6) is 5.75 Å². The summed E-state index contributed by atoms with van der Waals surface area (Å²) in [7, 11) is 2.97. The molecule has 0 fully saturated rings. The zero-order chi connectivity index (χ0) is 16.1. The van der Waals surface area contributed by atoms with Crippen LogP contribution >= 0.6 is 12.0 Å². The molecule has 0 aliphatic rings. The highest BCUT2D eigenvalue weighted by atomic mass is 32.2. The molecule has 9 nitrogen and oxygen atoms in total. The molecule has 0 saturated heterocycles. The maximum absolute atomic E-state index is 10.4. The Morgan fingerprint density at radius 1 is 1.09 bits per heavy atom. The predicted molar refractivity (Wildman–Crippen MR) is 81.6 cm³/mol. The van der Waals surface area contributed by atoms with Gasteiger partial charge in [0.1, 0.15) is 11.4 Å². The van der Waals surface area contributed by atoms with Gasteiger partial charge in [-0.05, 0) is 18.2 Å². The van der Waals surface area contributed by atoms with E-state index < -0.39 is 0 Å². The van der Waals surface area contributed by atoms with Crippen molar-refractivity contribution in [3.8, 4) is 5.75 Å². The average molecular weight is 323 g/mol. The van der Waals surface area contributed by atoms with E-state index >= 15 is 0 Å². The van der Waals surface area contributed by atoms with Crippen LogP contribution < -0.4 is 5.73 Å². The number of aromatic hydroxyl groups is 1. The number of hydrogen-bond acceptors (Lipinski definition) is 10. The Kier molecular flexibility index (Phi) is 5.22. The quantitative estimate of drug-likeness (QED) is 0.250. The van der Waals surface area contributed by atoms with Crippen molar-refractivity contribution >= 4 is 39.9 Å². The third-order valence-corrected chi connectivity index (χ3v) is 3.41. The minimum Gasteiger partial charge on any atom is -0.505 e. The first-order valence-electron chi connectivity index (χ1n) is 5.96. The molecule has 0 heterocycles. The average Bonchev–Trinajstić information content (AvgIpc) is 2.51. The van der Waals surface area contributed by atoms with E-state index in [1.807, 2.05) is 0 Å². The van der Waals surface area contributed by atoms with Gasteiger partial charge in [-0.1, -0.05) is 5.04 Å². The number of azo groups is 2. The lowest BCUT2D eigenvalue weighted by atomic mass is 10.1. The summed E-state index contributed by atoms with van der Waals surface area (Å²) < 4.78 is 4.41. The van der Waals surface area contributed by atoms with Crippen LogP contribution in [0.25, 0.3) is 10.8 Å². The number of rotatable bonds is 5. The van der Waals surface area contributed by atoms with Crippen molar-refractivity contribution in [2.75, 3.05) is 19.8 Å². The van der Waals surface area contributed by atoms with E-state index in [0.29, 0.717) is 39.1 Å². The monoisotopic (exact) mass is 323 g/mol. The number of anilines is 1. The van der Waals surface area contributed by atoms with Crippen molar-refractivity contribution in [3.63, 3.8) is 0 Å². The Hall–Kier alpha value is -2.27. The molecule has 0 atom stereocenters. The fourth-order valence-electron chi connectivity index (χ4n) is 1.94. The van der Waals surface area contributed by atoms with Crippen LogP contribution in [-0.2, 0) is 9.37 Å². The molecule has 0 amide bonds. The Labute approximate surface area is 129 Å². The second kappa shape index (κ2) is 7.13. The van der Waals surface area contributed by atoms with Gasteiger partial charge in [0, 0.05) is 24.9 Å². The highest BCUT2D eigenvalue weighted by molar-refractivity contribution is 7.94. The number of phenols is 1. The Morgan fingerprint density at radius 2 is 1.77 bits per heavy atom. The van der Waals surface area contributed by atoms with E-state index in [1.165, 1.54) is 14.1 Å². The minimum absolute atomic E-state index is 0.125. The van der Waals surface area contributed by atoms with Crippen LogP contribution in [0.15, 0.2) is 43.6 Å². The second-order valence-corrected chi connectivity index (χ2v) is 4.74. The van der Waals surface area contributed by atoms with Crippen molar-refractivity contribution in [2.24, 2.45) is 20.5 Å². The van der Waals surface area contributed by atoms with Gasteiger partial charge in [-0.25, -0.2) is 5.26 Å². The molecule has 0 aliphatic heterocycles. The molecule has 0 radical (unpaired) electrons. The standard InChI is InChI=1S/C12H13N5O4S/c1-14-16-10-7-5-9(22-21-20-19)11(17-15-2)12(18)6(7)3-4-8(10)13/h3-5,18-19H,13H2,1-2H3. The predicted octanol–water partition coefficient (Wildman–Crippen LogP) is 3.98. The van der Waals surface area contributed by atoms with Gasteiger partial charge in [-0.15, -0.1) is 4.33 Å². The van der Waals surface area contributed by atoms with E-state index in [1.54, 1.807) is 18.2 Å². The van der Waals surface area contributed by atoms with Crippen molar-refractivity contribution in [1.29, 1.82) is 0 Å². The first kappa shape index (κ1) is 16.1. The molecule has 2 rings (SSSR count). The van der Waals surface area contributed by atoms with Gasteiger partial charge in [0.05, 0.1) is 22.6 Å². The fraction of sp³-hybridized carbons (Fsp3) is 0.167. The molecule has 0 saturated carbocycles. The van der Waals surface area contributed by atoms with Crippen molar-refractivity contribution in [2.45, 2.75) is 4.90 Å². The molecular weight excluding hydrogens is 310 g/mol. The van der Waals surface area contributed by atoms with Gasteiger partial charge < -0.3 is 10.8 Å². The molecule has 0 bridgehead atoms. The molecule has 22 heavy (non-hydrogen) atoms. The zero-order valence-electron chi connectivity index (χ0n) is 11.7. The number of phenolic OH excluding ortho intramolecular Hbond substituents is 1. The lowest BCUT2D eigenvalue weighted by molar-refractivity contribution is -0.432. The van der Waals surface area contributed by atoms with Crippen LogP contribution in [0.4, 0.5) is 17.1 Å². The van der Waals surface area contributed by atoms with E-state index in [0.717, 1.165) is 0 Å². The van der Waals surface area contributed by atoms with Gasteiger partial charge in [-0.3, -0.25) is 0 Å². The van der Waals surface area contributed by atoms with Crippen LogP contribution in [0, 0.1) is 0 Å². The van der Waals surface area contributed by atoms with E-state index in [4.69, 9.17) is 11.0 Å². The topological polar surface area (TPSA) is 134 Å². The van der Waals surface area contributed by atoms with E-state index in [-0.39, 0.29) is 11.4 Å². The minimum atomic E-state index is -0.125. The first-order chi connectivity index (χ1) is 10.6. The summed E-state index contributed by atoms with van der Waals surface area (Å²) in [5.41, 5.74) is 6.86. The maximum atomic E-state index is 10.4. The number of nitrogen functional groups attached to an aromatic ring is 1. The van der Waals surface area contributed by atoms with Gasteiger partial charge in [0.2, 0.25) is 0 Å². The smallest absolute Gasteiger partial charge is 0.152 e. The molecule has 0 aromatic heterocycles. The Balaban J connectivity index is 2.80. The lowest BCUT2D eigenvalue weighted by Gasteiger charge is -2.11. The third-order valence-electron chi connectivity index (χ3n) is 2.79. The zero-order valence-corrected chi connectivity index (χ0v) is 12.5. The van der Waals surface area contributed by atoms with Gasteiger partial charge in [0.15, 0.2) is 5.75 Å². The van der Waals surface area contributed by atoms with Crippen LogP contribution in [0.1, 0.15) is 0 Å². The Morgan fingerprint density at radius 3 is 2.41 bits per heavy atom. The van der Waals surface area contributed by atoms with Gasteiger partial charge in [0.25, 0.3) is 0 Å². The molecule has 2 aromatic carbocycles. The second-order valence-electron chi connectivity index (χ2n) is 4.00. The third kappa shape index (κ3) is 2.99. The normalized spacial score (nSPS) is 12.0. The summed E-state index contributed by atoms with van der Waals surface area (Å²) >= 11 is 0.650. The van der Waals surface area contributed by atoms with Crippen molar-refractivity contribution in [1.82, 2.24) is 0 Å². The summed E-state index contributed by atoms with van der Waals surface area (Å²) in [5.74, 6) is -0.125. The number of fused-ring (bicyclic) bond motifs is 1. The molecule has 2 aromatic rings. The number of hydrogen-bond donors (Lipinski definition) is 3. The largest absolute Gasteiger partial charge is 0.505 e. The summed E-state index contributed by atoms with van der Waals surface area (Å²) in [6, 6.07) is 4.88. The summed E-state index contributed by atoms with van der Waals surface area (Å²) in [5, 5.41) is 38.5. The number of benzene rings is 2. The van der Waals surface area contributed by atoms with Crippen molar-refractivity contribution in [3.05, 3.63) is 18.2 Å². The maximum Gasteiger partial charge on any atom is 0.152 e. The molecule has 4 N–H and O–H groups in total. The molecule has 0 spiro atoms. The van der Waals surface area contributed by atoms with Crippen LogP contribution in [-0.4, -0.2) is 24.5 Å². The SMILES string of the molecule is CN=Nc1c(SOOO)cc2c(N=NC)c(N)ccc2c1O. The van der Waals surface area contributed by atoms with E-state index in [2.05, 4.69) is 29.8 Å². The van der Waals surface area contributed by atoms with Gasteiger partial charge in [-0.2, -0.15) is 20.5 Å². The van der Waals surface area contributed by atoms with E-state index in [9.17, 15) is 5.11 Å². The number of nitrogens with zero attached hydrogens (tertiary/aromatic N) is 4.